The molecule has 3 N–H and O–H groups in total. The maximum Gasteiger partial charge on any atom is 0.128 e. The number of H-pyrrole nitrogens is 1. The fourth-order valence-electron chi connectivity index (χ4n) is 2.27. The zero-order valence-electron chi connectivity index (χ0n) is 14.3. The van der Waals surface area contributed by atoms with Crippen LogP contribution in [0.5, 0.6) is 5.75 Å². The van der Waals surface area contributed by atoms with Crippen LogP contribution >= 0.6 is 0 Å². The molecule has 1 aromatic carbocycles. The molecule has 0 bridgehead atoms. The minimum atomic E-state index is -0.522. The molecule has 1 aromatic heterocycles. The van der Waals surface area contributed by atoms with Crippen LogP contribution in [-0.4, -0.2) is 35.9 Å². The molecule has 2 aromatic rings. The van der Waals surface area contributed by atoms with Crippen LogP contribution < -0.4 is 10.1 Å². The van der Waals surface area contributed by atoms with Crippen LogP contribution in [0.3, 0.4) is 0 Å². The van der Waals surface area contributed by atoms with Crippen LogP contribution in [0.2, 0.25) is 0 Å². The highest BCUT2D eigenvalue weighted by atomic mass is 16.5. The van der Waals surface area contributed by atoms with Crippen molar-refractivity contribution in [3.8, 4) is 17.0 Å². The Labute approximate surface area is 138 Å². The SMILES string of the molecule is CC(C)C(C)CNCC(O)COc1ccccc1-c1ccc[nH]1. The average molecular weight is 316 g/mol. The van der Waals surface area contributed by atoms with E-state index in [-0.39, 0.29) is 6.61 Å². The number of ether oxygens (including phenoxy) is 1. The van der Waals surface area contributed by atoms with Gasteiger partial charge in [0.1, 0.15) is 18.5 Å². The van der Waals surface area contributed by atoms with E-state index in [9.17, 15) is 5.11 Å². The van der Waals surface area contributed by atoms with E-state index in [1.54, 1.807) is 0 Å². The molecule has 0 aliphatic carbocycles. The Morgan fingerprint density at radius 3 is 2.57 bits per heavy atom. The molecule has 1 heterocycles. The van der Waals surface area contributed by atoms with Crippen LogP contribution in [0.25, 0.3) is 11.3 Å². The van der Waals surface area contributed by atoms with Gasteiger partial charge in [0.15, 0.2) is 0 Å². The molecule has 0 saturated carbocycles. The normalized spacial score (nSPS) is 14.0. The minimum absolute atomic E-state index is 0.279. The van der Waals surface area contributed by atoms with Crippen LogP contribution in [0, 0.1) is 11.8 Å². The zero-order chi connectivity index (χ0) is 16.7. The number of aliphatic hydroxyl groups excluding tert-OH is 1. The summed E-state index contributed by atoms with van der Waals surface area (Å²) in [7, 11) is 0. The van der Waals surface area contributed by atoms with E-state index in [2.05, 4.69) is 31.1 Å². The van der Waals surface area contributed by atoms with Crippen LogP contribution in [-0.2, 0) is 0 Å². The molecule has 0 saturated heterocycles. The number of aliphatic hydroxyl groups is 1. The second-order valence-electron chi connectivity index (χ2n) is 6.42. The van der Waals surface area contributed by atoms with Crippen molar-refractivity contribution in [1.82, 2.24) is 10.3 Å². The van der Waals surface area contributed by atoms with Gasteiger partial charge in [0.25, 0.3) is 0 Å². The Morgan fingerprint density at radius 1 is 1.09 bits per heavy atom. The third-order valence-corrected chi connectivity index (χ3v) is 4.19. The lowest BCUT2D eigenvalue weighted by molar-refractivity contribution is 0.105. The van der Waals surface area contributed by atoms with Crippen LogP contribution in [0.4, 0.5) is 0 Å². The molecule has 0 fully saturated rings. The van der Waals surface area contributed by atoms with Gasteiger partial charge in [0, 0.05) is 24.0 Å². The predicted molar refractivity (Wildman–Crippen MR) is 94.6 cm³/mol. The number of aromatic amines is 1. The van der Waals surface area contributed by atoms with Crippen LogP contribution in [0.1, 0.15) is 20.8 Å². The quantitative estimate of drug-likeness (QED) is 0.665. The Morgan fingerprint density at radius 2 is 1.87 bits per heavy atom. The molecule has 2 atom stereocenters. The lowest BCUT2D eigenvalue weighted by Gasteiger charge is -2.19. The lowest BCUT2D eigenvalue weighted by atomic mass is 9.98. The number of rotatable bonds is 9. The van der Waals surface area contributed by atoms with E-state index >= 15 is 0 Å². The van der Waals surface area contributed by atoms with E-state index in [1.807, 2.05) is 42.6 Å². The van der Waals surface area contributed by atoms with Gasteiger partial charge in [-0.1, -0.05) is 32.9 Å². The van der Waals surface area contributed by atoms with Gasteiger partial charge < -0.3 is 20.1 Å². The molecule has 2 unspecified atom stereocenters. The third kappa shape index (κ3) is 5.41. The van der Waals surface area contributed by atoms with Crippen molar-refractivity contribution < 1.29 is 9.84 Å². The average Bonchev–Trinajstić information content (AvgIpc) is 3.07. The first-order valence-electron chi connectivity index (χ1n) is 8.32. The first-order valence-corrected chi connectivity index (χ1v) is 8.32. The molecule has 4 heteroatoms. The van der Waals surface area contributed by atoms with Gasteiger partial charge in [-0.25, -0.2) is 0 Å². The second kappa shape index (κ2) is 8.75. The highest BCUT2D eigenvalue weighted by molar-refractivity contribution is 5.67. The van der Waals surface area contributed by atoms with Crippen molar-refractivity contribution >= 4 is 0 Å². The van der Waals surface area contributed by atoms with Gasteiger partial charge in [-0.05, 0) is 42.6 Å². The number of hydrogen-bond acceptors (Lipinski definition) is 3. The van der Waals surface area contributed by atoms with Crippen molar-refractivity contribution in [3.63, 3.8) is 0 Å². The summed E-state index contributed by atoms with van der Waals surface area (Å²) in [6.07, 6.45) is 1.37. The van der Waals surface area contributed by atoms with Crippen molar-refractivity contribution in [2.45, 2.75) is 26.9 Å². The number of para-hydroxylation sites is 1. The third-order valence-electron chi connectivity index (χ3n) is 4.19. The number of aromatic nitrogens is 1. The number of benzene rings is 1. The van der Waals surface area contributed by atoms with Gasteiger partial charge in [-0.3, -0.25) is 0 Å². The first-order chi connectivity index (χ1) is 11.1. The Hall–Kier alpha value is -1.78. The lowest BCUT2D eigenvalue weighted by Crippen LogP contribution is -2.34. The summed E-state index contributed by atoms with van der Waals surface area (Å²) in [5.41, 5.74) is 2.02. The second-order valence-corrected chi connectivity index (χ2v) is 6.42. The maximum atomic E-state index is 10.1. The summed E-state index contributed by atoms with van der Waals surface area (Å²) in [5, 5.41) is 13.4. The smallest absolute Gasteiger partial charge is 0.128 e. The molecule has 0 aliphatic rings. The monoisotopic (exact) mass is 316 g/mol. The maximum absolute atomic E-state index is 10.1. The topological polar surface area (TPSA) is 57.3 Å². The van der Waals surface area contributed by atoms with Crippen molar-refractivity contribution in [3.05, 3.63) is 42.6 Å². The van der Waals surface area contributed by atoms with E-state index in [1.165, 1.54) is 0 Å². The molecule has 0 amide bonds. The highest BCUT2D eigenvalue weighted by Crippen LogP contribution is 2.28. The molecular weight excluding hydrogens is 288 g/mol. The number of nitrogens with one attached hydrogen (secondary N) is 2. The predicted octanol–water partition coefficient (Wildman–Crippen LogP) is 3.30. The molecule has 23 heavy (non-hydrogen) atoms. The Balaban J connectivity index is 1.82. The summed E-state index contributed by atoms with van der Waals surface area (Å²) in [6.45, 7) is 8.37. The summed E-state index contributed by atoms with van der Waals surface area (Å²) in [4.78, 5) is 3.18. The molecule has 2 rings (SSSR count). The van der Waals surface area contributed by atoms with Gasteiger partial charge in [0.05, 0.1) is 0 Å². The fraction of sp³-hybridized carbons (Fsp3) is 0.474. The molecule has 4 nitrogen and oxygen atoms in total. The minimum Gasteiger partial charge on any atom is -0.490 e. The molecular formula is C19H28N2O2. The zero-order valence-corrected chi connectivity index (χ0v) is 14.3. The van der Waals surface area contributed by atoms with Gasteiger partial charge in [-0.15, -0.1) is 0 Å². The van der Waals surface area contributed by atoms with Crippen LogP contribution in [0.15, 0.2) is 42.6 Å². The van der Waals surface area contributed by atoms with Crippen molar-refractivity contribution in [2.24, 2.45) is 11.8 Å². The van der Waals surface area contributed by atoms with Gasteiger partial charge >= 0.3 is 0 Å². The van der Waals surface area contributed by atoms with E-state index in [4.69, 9.17) is 4.74 Å². The first kappa shape index (κ1) is 17.6. The molecule has 0 aliphatic heterocycles. The molecule has 0 spiro atoms. The van der Waals surface area contributed by atoms with Gasteiger partial charge in [0.2, 0.25) is 0 Å². The standard InChI is InChI=1S/C19H28N2O2/c1-14(2)15(3)11-20-12-16(22)13-23-19-9-5-4-7-17(19)18-8-6-10-21-18/h4-10,14-16,20-22H,11-13H2,1-3H3. The summed E-state index contributed by atoms with van der Waals surface area (Å²) in [6, 6.07) is 11.8. The number of hydrogen-bond donors (Lipinski definition) is 3. The van der Waals surface area contributed by atoms with E-state index in [0.29, 0.717) is 18.4 Å². The summed E-state index contributed by atoms with van der Waals surface area (Å²) >= 11 is 0. The summed E-state index contributed by atoms with van der Waals surface area (Å²) in [5.74, 6) is 2.02. The highest BCUT2D eigenvalue weighted by Gasteiger charge is 2.11. The Kier molecular flexibility index (Phi) is 6.68. The van der Waals surface area contributed by atoms with Crippen molar-refractivity contribution in [2.75, 3.05) is 19.7 Å². The van der Waals surface area contributed by atoms with Crippen molar-refractivity contribution in [1.29, 1.82) is 0 Å². The largest absolute Gasteiger partial charge is 0.490 e. The van der Waals surface area contributed by atoms with E-state index < -0.39 is 6.10 Å². The van der Waals surface area contributed by atoms with E-state index in [0.717, 1.165) is 23.6 Å². The summed E-state index contributed by atoms with van der Waals surface area (Å²) < 4.78 is 5.82. The molecule has 0 radical (unpaired) electrons. The van der Waals surface area contributed by atoms with Gasteiger partial charge in [-0.2, -0.15) is 0 Å². The molecule has 126 valence electrons. The fourth-order valence-corrected chi connectivity index (χ4v) is 2.27. The Bertz CT molecular complexity index is 567.